The predicted octanol–water partition coefficient (Wildman–Crippen LogP) is 3.58. The van der Waals surface area contributed by atoms with E-state index in [1.807, 2.05) is 60.7 Å². The van der Waals surface area contributed by atoms with Crippen molar-refractivity contribution in [1.82, 2.24) is 15.1 Å². The summed E-state index contributed by atoms with van der Waals surface area (Å²) < 4.78 is 5.74. The summed E-state index contributed by atoms with van der Waals surface area (Å²) >= 11 is 1.28. The molecule has 6 heteroatoms. The Labute approximate surface area is 151 Å². The van der Waals surface area contributed by atoms with Gasteiger partial charge in [-0.05, 0) is 22.9 Å². The summed E-state index contributed by atoms with van der Waals surface area (Å²) in [5.74, 6) is 0.525. The van der Waals surface area contributed by atoms with Gasteiger partial charge < -0.3 is 9.32 Å². The van der Waals surface area contributed by atoms with Crippen molar-refractivity contribution >= 4 is 17.7 Å². The summed E-state index contributed by atoms with van der Waals surface area (Å²) in [5.41, 5.74) is 2.01. The first-order chi connectivity index (χ1) is 12.1. The molecule has 0 fully saturated rings. The molecule has 2 aromatic carbocycles. The highest BCUT2D eigenvalue weighted by Crippen LogP contribution is 2.35. The van der Waals surface area contributed by atoms with Crippen molar-refractivity contribution in [3.05, 3.63) is 77.7 Å². The number of likely N-dealkylation sites (N-methyl/N-ethyl adjacent to an activating group) is 1. The van der Waals surface area contributed by atoms with Crippen LogP contribution in [0.25, 0.3) is 0 Å². The molecule has 0 bridgehead atoms. The Morgan fingerprint density at radius 3 is 2.32 bits per heavy atom. The molecule has 1 heterocycles. The lowest BCUT2D eigenvalue weighted by Crippen LogP contribution is -2.26. The van der Waals surface area contributed by atoms with Gasteiger partial charge in [-0.15, -0.1) is 10.2 Å². The van der Waals surface area contributed by atoms with E-state index < -0.39 is 5.25 Å². The molecule has 0 N–H and O–H groups in total. The van der Waals surface area contributed by atoms with Crippen LogP contribution in [0.5, 0.6) is 0 Å². The van der Waals surface area contributed by atoms with Gasteiger partial charge in [0.25, 0.3) is 5.22 Å². The average molecular weight is 353 g/mol. The van der Waals surface area contributed by atoms with Gasteiger partial charge in [-0.1, -0.05) is 60.7 Å². The molecule has 0 spiro atoms. The second-order valence-corrected chi connectivity index (χ2v) is 6.82. The highest BCUT2D eigenvalue weighted by atomic mass is 32.2. The second-order valence-electron chi connectivity index (χ2n) is 5.77. The minimum atomic E-state index is -0.416. The van der Waals surface area contributed by atoms with Gasteiger partial charge in [0.2, 0.25) is 11.8 Å². The van der Waals surface area contributed by atoms with Crippen LogP contribution in [0.3, 0.4) is 0 Å². The second kappa shape index (κ2) is 7.98. The van der Waals surface area contributed by atoms with Gasteiger partial charge in [0.1, 0.15) is 5.25 Å². The number of benzene rings is 2. The standard InChI is InChI=1S/C19H19N3O2S/c1-22(2)18(23)17(15-11-7-4-8-12-15)25-19-21-20-16(24-19)13-14-9-5-3-6-10-14/h3-12,17H,13H2,1-2H3/t17-/m1/s1. The molecule has 0 saturated heterocycles. The quantitative estimate of drug-likeness (QED) is 0.634. The normalized spacial score (nSPS) is 11.9. The summed E-state index contributed by atoms with van der Waals surface area (Å²) in [7, 11) is 3.49. The Bertz CT molecular complexity index is 819. The smallest absolute Gasteiger partial charge is 0.277 e. The SMILES string of the molecule is CN(C)C(=O)[C@H](Sc1nnc(Cc2ccccc2)o1)c1ccccc1. The van der Waals surface area contributed by atoms with E-state index in [1.54, 1.807) is 19.0 Å². The summed E-state index contributed by atoms with van der Waals surface area (Å²) in [4.78, 5) is 14.1. The third-order valence-electron chi connectivity index (χ3n) is 3.63. The molecule has 0 aliphatic carbocycles. The number of hydrogen-bond donors (Lipinski definition) is 0. The van der Waals surface area contributed by atoms with Crippen LogP contribution in [-0.2, 0) is 11.2 Å². The third kappa shape index (κ3) is 4.48. The number of carbonyl (C=O) groups is 1. The maximum Gasteiger partial charge on any atom is 0.277 e. The van der Waals surface area contributed by atoms with Gasteiger partial charge in [0.05, 0.1) is 6.42 Å². The van der Waals surface area contributed by atoms with E-state index in [4.69, 9.17) is 4.42 Å². The van der Waals surface area contributed by atoms with Crippen molar-refractivity contribution in [3.63, 3.8) is 0 Å². The highest BCUT2D eigenvalue weighted by molar-refractivity contribution is 8.00. The first-order valence-electron chi connectivity index (χ1n) is 7.92. The number of nitrogens with zero attached hydrogens (tertiary/aromatic N) is 3. The molecule has 3 rings (SSSR count). The first kappa shape index (κ1) is 17.2. The van der Waals surface area contributed by atoms with Crippen LogP contribution in [0, 0.1) is 0 Å². The van der Waals surface area contributed by atoms with E-state index in [-0.39, 0.29) is 5.91 Å². The van der Waals surface area contributed by atoms with Gasteiger partial charge in [0, 0.05) is 14.1 Å². The van der Waals surface area contributed by atoms with Crippen LogP contribution in [0.4, 0.5) is 0 Å². The molecule has 0 aliphatic heterocycles. The molecule has 0 unspecified atom stereocenters. The van der Waals surface area contributed by atoms with Crippen molar-refractivity contribution in [1.29, 1.82) is 0 Å². The maximum atomic E-state index is 12.6. The van der Waals surface area contributed by atoms with Gasteiger partial charge >= 0.3 is 0 Å². The van der Waals surface area contributed by atoms with E-state index in [9.17, 15) is 4.79 Å². The van der Waals surface area contributed by atoms with Crippen molar-refractivity contribution in [2.45, 2.75) is 16.9 Å². The van der Waals surface area contributed by atoms with Crippen molar-refractivity contribution in [2.75, 3.05) is 14.1 Å². The fourth-order valence-corrected chi connectivity index (χ4v) is 3.39. The van der Waals surface area contributed by atoms with Crippen molar-refractivity contribution in [2.24, 2.45) is 0 Å². The molecule has 1 aromatic heterocycles. The third-order valence-corrected chi connectivity index (χ3v) is 4.71. The number of thioether (sulfide) groups is 1. The number of carbonyl (C=O) groups excluding carboxylic acids is 1. The summed E-state index contributed by atoms with van der Waals surface area (Å²) in [6, 6.07) is 19.6. The van der Waals surface area contributed by atoms with E-state index in [0.717, 1.165) is 11.1 Å². The largest absolute Gasteiger partial charge is 0.416 e. The molecule has 0 aliphatic rings. The summed E-state index contributed by atoms with van der Waals surface area (Å²) in [5, 5.41) is 8.18. The molecule has 1 atom stereocenters. The molecule has 0 saturated carbocycles. The van der Waals surface area contributed by atoms with E-state index >= 15 is 0 Å². The molecule has 5 nitrogen and oxygen atoms in total. The summed E-state index contributed by atoms with van der Waals surface area (Å²) in [6.45, 7) is 0. The number of aromatic nitrogens is 2. The lowest BCUT2D eigenvalue weighted by Gasteiger charge is -2.18. The Morgan fingerprint density at radius 2 is 1.68 bits per heavy atom. The number of amides is 1. The topological polar surface area (TPSA) is 59.2 Å². The monoisotopic (exact) mass is 353 g/mol. The molecular formula is C19H19N3O2S. The van der Waals surface area contributed by atoms with Crippen LogP contribution in [0.1, 0.15) is 22.3 Å². The molecule has 128 valence electrons. The fourth-order valence-electron chi connectivity index (χ4n) is 2.35. The Morgan fingerprint density at radius 1 is 1.04 bits per heavy atom. The Balaban J connectivity index is 1.77. The zero-order chi connectivity index (χ0) is 17.6. The molecule has 25 heavy (non-hydrogen) atoms. The van der Waals surface area contributed by atoms with Gasteiger partial charge in [-0.3, -0.25) is 4.79 Å². The van der Waals surface area contributed by atoms with Crippen LogP contribution < -0.4 is 0 Å². The van der Waals surface area contributed by atoms with E-state index in [0.29, 0.717) is 17.5 Å². The number of rotatable bonds is 6. The van der Waals surface area contributed by atoms with Gasteiger partial charge in [-0.2, -0.15) is 0 Å². The van der Waals surface area contributed by atoms with Crippen LogP contribution >= 0.6 is 11.8 Å². The number of hydrogen-bond acceptors (Lipinski definition) is 5. The predicted molar refractivity (Wildman–Crippen MR) is 97.3 cm³/mol. The summed E-state index contributed by atoms with van der Waals surface area (Å²) in [6.07, 6.45) is 0.575. The minimum Gasteiger partial charge on any atom is -0.416 e. The Hall–Kier alpha value is -2.60. The molecule has 1 amide bonds. The minimum absolute atomic E-state index is 0.0148. The van der Waals surface area contributed by atoms with E-state index in [1.165, 1.54) is 11.8 Å². The average Bonchev–Trinajstić information content (AvgIpc) is 3.07. The zero-order valence-electron chi connectivity index (χ0n) is 14.1. The fraction of sp³-hybridized carbons (Fsp3) is 0.211. The van der Waals surface area contributed by atoms with Gasteiger partial charge in [-0.25, -0.2) is 0 Å². The lowest BCUT2D eigenvalue weighted by molar-refractivity contribution is -0.128. The maximum absolute atomic E-state index is 12.6. The Kier molecular flexibility index (Phi) is 5.50. The lowest BCUT2D eigenvalue weighted by atomic mass is 10.1. The van der Waals surface area contributed by atoms with Crippen molar-refractivity contribution < 1.29 is 9.21 Å². The zero-order valence-corrected chi connectivity index (χ0v) is 14.9. The van der Waals surface area contributed by atoms with Crippen LogP contribution in [-0.4, -0.2) is 35.1 Å². The first-order valence-corrected chi connectivity index (χ1v) is 8.80. The van der Waals surface area contributed by atoms with Gasteiger partial charge in [0.15, 0.2) is 0 Å². The highest BCUT2D eigenvalue weighted by Gasteiger charge is 2.26. The molecule has 0 radical (unpaired) electrons. The molecular weight excluding hydrogens is 334 g/mol. The van der Waals surface area contributed by atoms with E-state index in [2.05, 4.69) is 10.2 Å². The van der Waals surface area contributed by atoms with Crippen LogP contribution in [0.15, 0.2) is 70.3 Å². The van der Waals surface area contributed by atoms with Crippen molar-refractivity contribution in [3.8, 4) is 0 Å². The molecule has 3 aromatic rings. The van der Waals surface area contributed by atoms with Crippen LogP contribution in [0.2, 0.25) is 0 Å².